The summed E-state index contributed by atoms with van der Waals surface area (Å²) in [5.41, 5.74) is 3.19. The van der Waals surface area contributed by atoms with Gasteiger partial charge in [0, 0.05) is 11.5 Å². The predicted molar refractivity (Wildman–Crippen MR) is 96.0 cm³/mol. The lowest BCUT2D eigenvalue weighted by Gasteiger charge is -2.15. The molecule has 0 aromatic heterocycles. The van der Waals surface area contributed by atoms with Gasteiger partial charge in [0.15, 0.2) is 0 Å². The molecule has 0 saturated heterocycles. The highest BCUT2D eigenvalue weighted by Crippen LogP contribution is 2.28. The molecule has 23 heavy (non-hydrogen) atoms. The fourth-order valence-electron chi connectivity index (χ4n) is 2.61. The van der Waals surface area contributed by atoms with Crippen LogP contribution >= 0.6 is 0 Å². The molecule has 0 aliphatic carbocycles. The Hall–Kier alpha value is -2.80. The van der Waals surface area contributed by atoms with E-state index in [9.17, 15) is 5.11 Å². The number of aliphatic hydroxyl groups is 1. The van der Waals surface area contributed by atoms with Crippen molar-refractivity contribution in [2.75, 3.05) is 0 Å². The molecule has 0 unspecified atom stereocenters. The molecular weight excluding hydrogens is 280 g/mol. The van der Waals surface area contributed by atoms with Crippen molar-refractivity contribution in [1.29, 1.82) is 0 Å². The third kappa shape index (κ3) is 3.89. The molecule has 0 aliphatic rings. The Labute approximate surface area is 137 Å². The summed E-state index contributed by atoms with van der Waals surface area (Å²) in [6.45, 7) is 0. The molecule has 0 spiro atoms. The van der Waals surface area contributed by atoms with Crippen LogP contribution in [0.1, 0.15) is 23.1 Å². The van der Waals surface area contributed by atoms with Gasteiger partial charge in [0.25, 0.3) is 0 Å². The second kappa shape index (κ2) is 7.46. The molecule has 0 heterocycles. The number of aliphatic hydroxyl groups excluding tert-OH is 1. The maximum absolute atomic E-state index is 10.3. The highest BCUT2D eigenvalue weighted by Gasteiger charge is 2.13. The molecule has 1 radical (unpaired) electrons. The monoisotopic (exact) mass is 299 g/mol. The maximum atomic E-state index is 10.3. The molecule has 0 atom stereocenters. The van der Waals surface area contributed by atoms with Gasteiger partial charge in [0.05, 0.1) is 0 Å². The second-order valence-corrected chi connectivity index (χ2v) is 5.37. The predicted octanol–water partition coefficient (Wildman–Crippen LogP) is 5.65. The average Bonchev–Trinajstić information content (AvgIpc) is 2.64. The number of allylic oxidation sites excluding steroid dienone is 1. The SMILES string of the molecule is O/C(=C\C[C](c1ccccc1)c1ccccc1)c1ccccc1. The summed E-state index contributed by atoms with van der Waals surface area (Å²) in [7, 11) is 0. The molecule has 0 bridgehead atoms. The zero-order valence-electron chi connectivity index (χ0n) is 12.9. The van der Waals surface area contributed by atoms with E-state index in [0.29, 0.717) is 12.2 Å². The van der Waals surface area contributed by atoms with Gasteiger partial charge in [-0.3, -0.25) is 0 Å². The first-order valence-corrected chi connectivity index (χ1v) is 7.76. The molecule has 3 aromatic carbocycles. The lowest BCUT2D eigenvalue weighted by Crippen LogP contribution is -2.01. The Morgan fingerprint density at radius 3 is 1.43 bits per heavy atom. The summed E-state index contributed by atoms with van der Waals surface area (Å²) in [5.74, 6) is 1.52. The molecule has 3 aromatic rings. The van der Waals surface area contributed by atoms with Gasteiger partial charge in [-0.15, -0.1) is 0 Å². The second-order valence-electron chi connectivity index (χ2n) is 5.37. The van der Waals surface area contributed by atoms with Crippen LogP contribution in [0.4, 0.5) is 0 Å². The normalized spacial score (nSPS) is 11.6. The van der Waals surface area contributed by atoms with Crippen LogP contribution in [-0.4, -0.2) is 5.11 Å². The number of benzene rings is 3. The van der Waals surface area contributed by atoms with Crippen molar-refractivity contribution in [2.24, 2.45) is 0 Å². The molecule has 1 heteroatoms. The van der Waals surface area contributed by atoms with Gasteiger partial charge in [-0.05, 0) is 23.6 Å². The molecule has 3 rings (SSSR count). The van der Waals surface area contributed by atoms with Gasteiger partial charge in [-0.25, -0.2) is 0 Å². The molecule has 0 amide bonds. The van der Waals surface area contributed by atoms with E-state index in [1.165, 1.54) is 17.0 Å². The van der Waals surface area contributed by atoms with E-state index < -0.39 is 0 Å². The topological polar surface area (TPSA) is 20.2 Å². The van der Waals surface area contributed by atoms with E-state index in [1.54, 1.807) is 0 Å². The van der Waals surface area contributed by atoms with Gasteiger partial charge in [0.1, 0.15) is 5.76 Å². The number of hydrogen-bond donors (Lipinski definition) is 1. The zero-order valence-corrected chi connectivity index (χ0v) is 12.9. The highest BCUT2D eigenvalue weighted by atomic mass is 16.3. The molecule has 0 aliphatic heterocycles. The van der Waals surface area contributed by atoms with E-state index in [1.807, 2.05) is 72.8 Å². The molecule has 1 N–H and O–H groups in total. The smallest absolute Gasteiger partial charge is 0.118 e. The Bertz CT molecular complexity index is 706. The van der Waals surface area contributed by atoms with E-state index in [-0.39, 0.29) is 0 Å². The van der Waals surface area contributed by atoms with E-state index in [2.05, 4.69) is 24.3 Å². The first-order chi connectivity index (χ1) is 11.3. The third-order valence-corrected chi connectivity index (χ3v) is 3.81. The molecule has 1 nitrogen and oxygen atoms in total. The van der Waals surface area contributed by atoms with Gasteiger partial charge in [-0.1, -0.05) is 91.0 Å². The minimum atomic E-state index is 0.315. The van der Waals surface area contributed by atoms with E-state index >= 15 is 0 Å². The minimum absolute atomic E-state index is 0.315. The van der Waals surface area contributed by atoms with Crippen LogP contribution in [0.2, 0.25) is 0 Å². The first-order valence-electron chi connectivity index (χ1n) is 7.76. The van der Waals surface area contributed by atoms with E-state index in [4.69, 9.17) is 0 Å². The van der Waals surface area contributed by atoms with Gasteiger partial charge < -0.3 is 5.11 Å². The van der Waals surface area contributed by atoms with Gasteiger partial charge >= 0.3 is 0 Å². The summed E-state index contributed by atoms with van der Waals surface area (Å²) in [5, 5.41) is 10.3. The largest absolute Gasteiger partial charge is 0.508 e. The van der Waals surface area contributed by atoms with Crippen LogP contribution in [0.15, 0.2) is 97.1 Å². The summed E-state index contributed by atoms with van der Waals surface area (Å²) in [4.78, 5) is 0. The fourth-order valence-corrected chi connectivity index (χ4v) is 2.61. The lowest BCUT2D eigenvalue weighted by atomic mass is 9.88. The highest BCUT2D eigenvalue weighted by molar-refractivity contribution is 5.59. The quantitative estimate of drug-likeness (QED) is 0.604. The summed E-state index contributed by atoms with van der Waals surface area (Å²) in [6, 6.07) is 30.3. The Kier molecular flexibility index (Phi) is 4.90. The van der Waals surface area contributed by atoms with Crippen LogP contribution in [0.5, 0.6) is 0 Å². The van der Waals surface area contributed by atoms with Crippen LogP contribution in [0, 0.1) is 5.92 Å². The van der Waals surface area contributed by atoms with E-state index in [0.717, 1.165) is 5.56 Å². The van der Waals surface area contributed by atoms with Gasteiger partial charge in [0.2, 0.25) is 0 Å². The van der Waals surface area contributed by atoms with Crippen molar-refractivity contribution in [3.8, 4) is 0 Å². The summed E-state index contributed by atoms with van der Waals surface area (Å²) >= 11 is 0. The molecule has 0 saturated carbocycles. The Morgan fingerprint density at radius 2 is 1.00 bits per heavy atom. The van der Waals surface area contributed by atoms with Crippen LogP contribution in [0.3, 0.4) is 0 Å². The Morgan fingerprint density at radius 1 is 0.609 bits per heavy atom. The Balaban J connectivity index is 1.88. The standard InChI is InChI=1S/C22H19O/c23-22(20-14-8-3-9-15-20)17-16-21(18-10-4-1-5-11-18)19-12-6-2-7-13-19/h1-15,17,23H,16H2/b22-17-. The number of hydrogen-bond acceptors (Lipinski definition) is 1. The summed E-state index contributed by atoms with van der Waals surface area (Å²) < 4.78 is 0. The molecule has 0 fully saturated rings. The minimum Gasteiger partial charge on any atom is -0.508 e. The fraction of sp³-hybridized carbons (Fsp3) is 0.0455. The average molecular weight is 299 g/mol. The van der Waals surface area contributed by atoms with Crippen LogP contribution in [0.25, 0.3) is 5.76 Å². The van der Waals surface area contributed by atoms with Crippen LogP contribution < -0.4 is 0 Å². The third-order valence-electron chi connectivity index (χ3n) is 3.81. The maximum Gasteiger partial charge on any atom is 0.118 e. The zero-order chi connectivity index (χ0) is 15.9. The molecule has 113 valence electrons. The molecular formula is C22H19O. The van der Waals surface area contributed by atoms with Crippen molar-refractivity contribution in [1.82, 2.24) is 0 Å². The van der Waals surface area contributed by atoms with Gasteiger partial charge in [-0.2, -0.15) is 0 Å². The first kappa shape index (κ1) is 15.1. The van der Waals surface area contributed by atoms with Crippen molar-refractivity contribution in [3.63, 3.8) is 0 Å². The lowest BCUT2D eigenvalue weighted by molar-refractivity contribution is 0.509. The van der Waals surface area contributed by atoms with Crippen molar-refractivity contribution in [3.05, 3.63) is 120 Å². The summed E-state index contributed by atoms with van der Waals surface area (Å²) in [6.07, 6.45) is 2.55. The van der Waals surface area contributed by atoms with Crippen molar-refractivity contribution < 1.29 is 5.11 Å². The van der Waals surface area contributed by atoms with Crippen molar-refractivity contribution >= 4 is 5.76 Å². The number of rotatable bonds is 5. The van der Waals surface area contributed by atoms with Crippen LogP contribution in [-0.2, 0) is 0 Å². The van der Waals surface area contributed by atoms with Crippen molar-refractivity contribution in [2.45, 2.75) is 6.42 Å².